The summed E-state index contributed by atoms with van der Waals surface area (Å²) in [4.78, 5) is 12.0. The van der Waals surface area contributed by atoms with Crippen LogP contribution in [0.3, 0.4) is 0 Å². The molecule has 0 spiro atoms. The van der Waals surface area contributed by atoms with Gasteiger partial charge in [0.25, 0.3) is 0 Å². The molecular formula is C19H20O9. The molecule has 0 aliphatic carbocycles. The Kier molecular flexibility index (Phi) is 6.00. The molecule has 5 N–H and O–H groups in total. The van der Waals surface area contributed by atoms with Gasteiger partial charge in [0.05, 0.1) is 5.56 Å². The SMILES string of the molecule is O=C(OCC1OC(Oc2ccc(O)cc2O)C(O)C(O)C1O)c1ccccc1. The molecule has 0 amide bonds. The standard InChI is InChI=1S/C19H20O9/c20-11-6-7-13(12(21)8-11)27-19-17(24)16(23)15(22)14(28-19)9-26-18(25)10-4-2-1-3-5-10/h1-8,14-17,19-24H,9H2. The zero-order valence-electron chi connectivity index (χ0n) is 14.6. The molecular weight excluding hydrogens is 372 g/mol. The quantitative estimate of drug-likeness (QED) is 0.449. The summed E-state index contributed by atoms with van der Waals surface area (Å²) in [7, 11) is 0. The predicted octanol–water partition coefficient (Wildman–Crippen LogP) is 0.141. The molecule has 5 atom stereocenters. The third-order valence-electron chi connectivity index (χ3n) is 4.24. The van der Waals surface area contributed by atoms with E-state index in [0.717, 1.165) is 6.07 Å². The Morgan fingerprint density at radius 2 is 1.68 bits per heavy atom. The molecule has 9 nitrogen and oxygen atoms in total. The zero-order chi connectivity index (χ0) is 20.3. The highest BCUT2D eigenvalue weighted by molar-refractivity contribution is 5.89. The number of rotatable bonds is 5. The summed E-state index contributed by atoms with van der Waals surface area (Å²) in [5, 5.41) is 49.4. The number of benzene rings is 2. The zero-order valence-corrected chi connectivity index (χ0v) is 14.6. The van der Waals surface area contributed by atoms with Gasteiger partial charge in [0, 0.05) is 6.07 Å². The van der Waals surface area contributed by atoms with Crippen LogP contribution in [-0.4, -0.2) is 68.8 Å². The molecule has 1 aliphatic rings. The molecule has 2 aromatic carbocycles. The van der Waals surface area contributed by atoms with Gasteiger partial charge in [0.1, 0.15) is 36.8 Å². The number of ether oxygens (including phenoxy) is 3. The van der Waals surface area contributed by atoms with Crippen molar-refractivity contribution in [1.82, 2.24) is 0 Å². The average molecular weight is 392 g/mol. The summed E-state index contributed by atoms with van der Waals surface area (Å²) in [6.07, 6.45) is -7.46. The molecule has 1 heterocycles. The van der Waals surface area contributed by atoms with Crippen LogP contribution >= 0.6 is 0 Å². The monoisotopic (exact) mass is 392 g/mol. The fourth-order valence-corrected chi connectivity index (χ4v) is 2.70. The number of aromatic hydroxyl groups is 2. The van der Waals surface area contributed by atoms with Crippen LogP contribution in [0, 0.1) is 0 Å². The van der Waals surface area contributed by atoms with Crippen molar-refractivity contribution >= 4 is 5.97 Å². The molecule has 1 fully saturated rings. The number of phenols is 2. The number of aliphatic hydroxyl groups excluding tert-OH is 3. The molecule has 2 aromatic rings. The second-order valence-corrected chi connectivity index (χ2v) is 6.25. The summed E-state index contributed by atoms with van der Waals surface area (Å²) in [5.41, 5.74) is 0.301. The lowest BCUT2D eigenvalue weighted by Gasteiger charge is -2.39. The summed E-state index contributed by atoms with van der Waals surface area (Å²) >= 11 is 0. The average Bonchev–Trinajstić information content (AvgIpc) is 2.69. The first-order chi connectivity index (χ1) is 13.4. The Morgan fingerprint density at radius 3 is 2.36 bits per heavy atom. The number of esters is 1. The molecule has 9 heteroatoms. The van der Waals surface area contributed by atoms with Gasteiger partial charge >= 0.3 is 5.97 Å². The van der Waals surface area contributed by atoms with E-state index in [1.165, 1.54) is 12.1 Å². The normalized spacial score (nSPS) is 27.2. The molecule has 0 aromatic heterocycles. The van der Waals surface area contributed by atoms with Crippen LogP contribution in [0.1, 0.15) is 10.4 Å². The van der Waals surface area contributed by atoms with Gasteiger partial charge in [0.15, 0.2) is 11.5 Å². The van der Waals surface area contributed by atoms with Gasteiger partial charge in [-0.05, 0) is 24.3 Å². The maximum Gasteiger partial charge on any atom is 0.338 e. The maximum absolute atomic E-state index is 12.0. The van der Waals surface area contributed by atoms with Crippen molar-refractivity contribution in [2.75, 3.05) is 6.61 Å². The van der Waals surface area contributed by atoms with Gasteiger partial charge < -0.3 is 39.7 Å². The Bertz CT molecular complexity index is 810. The van der Waals surface area contributed by atoms with Crippen molar-refractivity contribution in [3.05, 3.63) is 54.1 Å². The van der Waals surface area contributed by atoms with Gasteiger partial charge in [-0.2, -0.15) is 0 Å². The van der Waals surface area contributed by atoms with E-state index in [2.05, 4.69) is 0 Å². The largest absolute Gasteiger partial charge is 0.508 e. The molecule has 0 saturated carbocycles. The minimum Gasteiger partial charge on any atom is -0.508 e. The highest BCUT2D eigenvalue weighted by Gasteiger charge is 2.45. The highest BCUT2D eigenvalue weighted by Crippen LogP contribution is 2.32. The molecule has 150 valence electrons. The highest BCUT2D eigenvalue weighted by atomic mass is 16.7. The second-order valence-electron chi connectivity index (χ2n) is 6.25. The van der Waals surface area contributed by atoms with Crippen LogP contribution in [0.15, 0.2) is 48.5 Å². The first-order valence-corrected chi connectivity index (χ1v) is 8.47. The number of aliphatic hydroxyl groups is 3. The van der Waals surface area contributed by atoms with E-state index in [4.69, 9.17) is 14.2 Å². The Morgan fingerprint density at radius 1 is 0.964 bits per heavy atom. The summed E-state index contributed by atoms with van der Waals surface area (Å²) in [6, 6.07) is 11.7. The predicted molar refractivity (Wildman–Crippen MR) is 93.8 cm³/mol. The summed E-state index contributed by atoms with van der Waals surface area (Å²) < 4.78 is 15.9. The van der Waals surface area contributed by atoms with Gasteiger partial charge in [-0.1, -0.05) is 18.2 Å². The lowest BCUT2D eigenvalue weighted by molar-refractivity contribution is -0.277. The van der Waals surface area contributed by atoms with E-state index >= 15 is 0 Å². The minimum absolute atomic E-state index is 0.120. The molecule has 1 saturated heterocycles. The third-order valence-corrected chi connectivity index (χ3v) is 4.24. The van der Waals surface area contributed by atoms with Crippen molar-refractivity contribution in [3.8, 4) is 17.2 Å². The topological polar surface area (TPSA) is 146 Å². The van der Waals surface area contributed by atoms with Gasteiger partial charge in [0.2, 0.25) is 6.29 Å². The number of phenolic OH excluding ortho intramolecular Hbond substituents is 2. The Hall–Kier alpha value is -2.85. The molecule has 0 radical (unpaired) electrons. The first-order valence-electron chi connectivity index (χ1n) is 8.47. The van der Waals surface area contributed by atoms with Crippen molar-refractivity contribution in [3.63, 3.8) is 0 Å². The van der Waals surface area contributed by atoms with E-state index < -0.39 is 49.0 Å². The van der Waals surface area contributed by atoms with E-state index in [-0.39, 0.29) is 11.5 Å². The van der Waals surface area contributed by atoms with Crippen molar-refractivity contribution in [1.29, 1.82) is 0 Å². The van der Waals surface area contributed by atoms with E-state index in [0.29, 0.717) is 5.56 Å². The molecule has 5 unspecified atom stereocenters. The molecule has 0 bridgehead atoms. The van der Waals surface area contributed by atoms with E-state index in [1.807, 2.05) is 0 Å². The second kappa shape index (κ2) is 8.44. The maximum atomic E-state index is 12.0. The van der Waals surface area contributed by atoms with Crippen LogP contribution in [-0.2, 0) is 9.47 Å². The molecule has 3 rings (SSSR count). The number of carbonyl (C=O) groups excluding carboxylic acids is 1. The van der Waals surface area contributed by atoms with Crippen LogP contribution in [0.5, 0.6) is 17.2 Å². The van der Waals surface area contributed by atoms with Gasteiger partial charge in [-0.3, -0.25) is 0 Å². The minimum atomic E-state index is -1.64. The van der Waals surface area contributed by atoms with Crippen LogP contribution in [0.25, 0.3) is 0 Å². The smallest absolute Gasteiger partial charge is 0.338 e. The van der Waals surface area contributed by atoms with Crippen molar-refractivity contribution < 1.29 is 44.5 Å². The van der Waals surface area contributed by atoms with Gasteiger partial charge in [-0.15, -0.1) is 0 Å². The fourth-order valence-electron chi connectivity index (χ4n) is 2.70. The van der Waals surface area contributed by atoms with Crippen LogP contribution < -0.4 is 4.74 Å². The lowest BCUT2D eigenvalue weighted by Crippen LogP contribution is -2.60. The van der Waals surface area contributed by atoms with Gasteiger partial charge in [-0.25, -0.2) is 4.79 Å². The lowest BCUT2D eigenvalue weighted by atomic mass is 9.99. The van der Waals surface area contributed by atoms with Crippen molar-refractivity contribution in [2.24, 2.45) is 0 Å². The van der Waals surface area contributed by atoms with Crippen molar-refractivity contribution in [2.45, 2.75) is 30.7 Å². The Labute approximate surface area is 160 Å². The molecule has 1 aliphatic heterocycles. The van der Waals surface area contributed by atoms with Crippen LogP contribution in [0.2, 0.25) is 0 Å². The third kappa shape index (κ3) is 4.34. The number of carbonyl (C=O) groups is 1. The van der Waals surface area contributed by atoms with E-state index in [1.54, 1.807) is 30.3 Å². The Balaban J connectivity index is 1.67. The summed E-state index contributed by atoms with van der Waals surface area (Å²) in [5.74, 6) is -1.38. The molecule has 28 heavy (non-hydrogen) atoms. The van der Waals surface area contributed by atoms with Crippen LogP contribution in [0.4, 0.5) is 0 Å². The number of hydrogen-bond acceptors (Lipinski definition) is 9. The first kappa shape index (κ1) is 19.9. The fraction of sp³-hybridized carbons (Fsp3) is 0.316. The summed E-state index contributed by atoms with van der Waals surface area (Å²) in [6.45, 7) is -0.403. The van der Waals surface area contributed by atoms with E-state index in [9.17, 15) is 30.3 Å². The number of hydrogen-bond donors (Lipinski definition) is 5.